The van der Waals surface area contributed by atoms with Crippen molar-refractivity contribution in [2.24, 2.45) is 5.92 Å². The Morgan fingerprint density at radius 1 is 1.21 bits per heavy atom. The number of rotatable bonds is 11. The van der Waals surface area contributed by atoms with Gasteiger partial charge in [-0.25, -0.2) is 4.98 Å². The maximum Gasteiger partial charge on any atom is 0.276 e. The highest BCUT2D eigenvalue weighted by Crippen LogP contribution is 2.26. The molecule has 1 aliphatic rings. The summed E-state index contributed by atoms with van der Waals surface area (Å²) in [4.78, 5) is 25.1. The zero-order chi connectivity index (χ0) is 23.8. The predicted molar refractivity (Wildman–Crippen MR) is 139 cm³/mol. The van der Waals surface area contributed by atoms with Crippen LogP contribution in [0, 0.1) is 5.92 Å². The number of allylic oxidation sites excluding steroid dienone is 1. The third kappa shape index (κ3) is 7.08. The summed E-state index contributed by atoms with van der Waals surface area (Å²) in [6, 6.07) is 7.95. The van der Waals surface area contributed by atoms with Crippen LogP contribution in [0.5, 0.6) is 0 Å². The van der Waals surface area contributed by atoms with E-state index in [2.05, 4.69) is 35.5 Å². The van der Waals surface area contributed by atoms with Crippen LogP contribution in [0.2, 0.25) is 5.02 Å². The molecule has 0 saturated carbocycles. The Kier molecular flexibility index (Phi) is 9.39. The number of nitrogens with one attached hydrogen (secondary N) is 1. The minimum Gasteiger partial charge on any atom is -0.381 e. The molecule has 7 heteroatoms. The molecular formula is C26H37ClN4O2. The number of ether oxygens (including phenoxy) is 1. The Balaban J connectivity index is 1.88. The van der Waals surface area contributed by atoms with Gasteiger partial charge in [-0.1, -0.05) is 43.7 Å². The van der Waals surface area contributed by atoms with E-state index in [4.69, 9.17) is 21.3 Å². The van der Waals surface area contributed by atoms with E-state index in [-0.39, 0.29) is 5.56 Å². The number of H-pyrrole nitrogens is 1. The molecule has 1 saturated heterocycles. The van der Waals surface area contributed by atoms with Gasteiger partial charge in [0, 0.05) is 45.4 Å². The fourth-order valence-electron chi connectivity index (χ4n) is 4.30. The van der Waals surface area contributed by atoms with Crippen LogP contribution in [0.4, 0.5) is 11.6 Å². The van der Waals surface area contributed by atoms with Crippen molar-refractivity contribution in [2.45, 2.75) is 45.4 Å². The van der Waals surface area contributed by atoms with Crippen molar-refractivity contribution in [3.8, 4) is 0 Å². The van der Waals surface area contributed by atoms with Crippen LogP contribution in [0.1, 0.15) is 50.3 Å². The first-order valence-corrected chi connectivity index (χ1v) is 12.3. The minimum atomic E-state index is -0.125. The Labute approximate surface area is 202 Å². The maximum atomic E-state index is 13.1. The summed E-state index contributed by atoms with van der Waals surface area (Å²) in [5.74, 6) is 1.26. The number of benzene rings is 1. The number of anilines is 2. The average Bonchev–Trinajstić information content (AvgIpc) is 2.80. The van der Waals surface area contributed by atoms with Gasteiger partial charge in [0.05, 0.1) is 5.69 Å². The van der Waals surface area contributed by atoms with Gasteiger partial charge in [0.25, 0.3) is 5.56 Å². The van der Waals surface area contributed by atoms with E-state index in [1.54, 1.807) is 0 Å². The Bertz CT molecular complexity index is 965. The van der Waals surface area contributed by atoms with Crippen molar-refractivity contribution in [1.82, 2.24) is 9.97 Å². The van der Waals surface area contributed by atoms with E-state index in [9.17, 15) is 4.79 Å². The molecule has 1 N–H and O–H groups in total. The van der Waals surface area contributed by atoms with E-state index in [0.717, 1.165) is 75.4 Å². The molecule has 0 bridgehead atoms. The zero-order valence-corrected chi connectivity index (χ0v) is 21.0. The smallest absolute Gasteiger partial charge is 0.276 e. The van der Waals surface area contributed by atoms with Crippen LogP contribution in [-0.4, -0.2) is 50.4 Å². The van der Waals surface area contributed by atoms with Gasteiger partial charge in [0.15, 0.2) is 0 Å². The number of halogens is 1. The van der Waals surface area contributed by atoms with E-state index in [1.165, 1.54) is 5.56 Å². The normalized spacial score (nSPS) is 14.3. The summed E-state index contributed by atoms with van der Waals surface area (Å²) in [5, 5.41) is 0.736. The van der Waals surface area contributed by atoms with Crippen LogP contribution in [0.25, 0.3) is 5.57 Å². The molecule has 1 aromatic carbocycles. The zero-order valence-electron chi connectivity index (χ0n) is 20.2. The molecule has 33 heavy (non-hydrogen) atoms. The van der Waals surface area contributed by atoms with Crippen molar-refractivity contribution in [3.05, 3.63) is 57.5 Å². The molecule has 1 aliphatic heterocycles. The summed E-state index contributed by atoms with van der Waals surface area (Å²) in [5.41, 5.74) is 3.25. The lowest BCUT2D eigenvalue weighted by molar-refractivity contribution is 0.0644. The molecule has 2 heterocycles. The first kappa shape index (κ1) is 25.3. The second kappa shape index (κ2) is 12.2. The lowest BCUT2D eigenvalue weighted by Gasteiger charge is -2.28. The summed E-state index contributed by atoms with van der Waals surface area (Å²) in [6.07, 6.45) is 5.84. The first-order chi connectivity index (χ1) is 15.9. The van der Waals surface area contributed by atoms with Gasteiger partial charge < -0.3 is 14.5 Å². The highest BCUT2D eigenvalue weighted by molar-refractivity contribution is 6.30. The summed E-state index contributed by atoms with van der Waals surface area (Å²) in [7, 11) is 3.75. The van der Waals surface area contributed by atoms with Crippen molar-refractivity contribution in [3.63, 3.8) is 0 Å². The fourth-order valence-corrected chi connectivity index (χ4v) is 4.42. The van der Waals surface area contributed by atoms with Gasteiger partial charge in [-0.15, -0.1) is 0 Å². The van der Waals surface area contributed by atoms with E-state index in [0.29, 0.717) is 23.2 Å². The predicted octanol–water partition coefficient (Wildman–Crippen LogP) is 5.17. The molecule has 180 valence electrons. The molecule has 0 spiro atoms. The molecule has 0 atom stereocenters. The molecule has 1 fully saturated rings. The number of aromatic nitrogens is 2. The second-order valence-electron chi connectivity index (χ2n) is 9.04. The van der Waals surface area contributed by atoms with Crippen molar-refractivity contribution < 1.29 is 4.74 Å². The van der Waals surface area contributed by atoms with Crippen LogP contribution in [-0.2, 0) is 11.2 Å². The van der Waals surface area contributed by atoms with Gasteiger partial charge >= 0.3 is 0 Å². The highest BCUT2D eigenvalue weighted by atomic mass is 35.5. The summed E-state index contributed by atoms with van der Waals surface area (Å²) in [6.45, 7) is 9.61. The SMILES string of the molecule is C=C(CCC)c1nc(N(CCc2ccc(Cl)cc2)CCC2CCOCC2)[nH]c(=O)c1N(C)C. The third-order valence-electron chi connectivity index (χ3n) is 6.25. The van der Waals surface area contributed by atoms with Gasteiger partial charge in [-0.2, -0.15) is 0 Å². The molecule has 0 aliphatic carbocycles. The topological polar surface area (TPSA) is 61.5 Å². The Hall–Kier alpha value is -2.31. The number of hydrogen-bond acceptors (Lipinski definition) is 5. The van der Waals surface area contributed by atoms with Crippen LogP contribution >= 0.6 is 11.6 Å². The van der Waals surface area contributed by atoms with E-state index >= 15 is 0 Å². The lowest BCUT2D eigenvalue weighted by Crippen LogP contribution is -2.34. The lowest BCUT2D eigenvalue weighted by atomic mass is 9.96. The van der Waals surface area contributed by atoms with Gasteiger partial charge in [-0.05, 0) is 61.3 Å². The minimum absolute atomic E-state index is 0.125. The summed E-state index contributed by atoms with van der Waals surface area (Å²) < 4.78 is 5.52. The third-order valence-corrected chi connectivity index (χ3v) is 6.50. The molecular weight excluding hydrogens is 436 g/mol. The Morgan fingerprint density at radius 2 is 1.91 bits per heavy atom. The second-order valence-corrected chi connectivity index (χ2v) is 9.48. The van der Waals surface area contributed by atoms with E-state index in [1.807, 2.05) is 31.1 Å². The van der Waals surface area contributed by atoms with Crippen molar-refractivity contribution in [2.75, 3.05) is 50.2 Å². The molecule has 3 rings (SSSR count). The van der Waals surface area contributed by atoms with Crippen molar-refractivity contribution in [1.29, 1.82) is 0 Å². The number of aromatic amines is 1. The maximum absolute atomic E-state index is 13.1. The number of nitrogens with zero attached hydrogens (tertiary/aromatic N) is 3. The molecule has 0 amide bonds. The van der Waals surface area contributed by atoms with Gasteiger partial charge in [0.1, 0.15) is 5.69 Å². The summed E-state index contributed by atoms with van der Waals surface area (Å²) >= 11 is 6.05. The molecule has 0 unspecified atom stereocenters. The van der Waals surface area contributed by atoms with E-state index < -0.39 is 0 Å². The molecule has 2 aromatic rings. The highest BCUT2D eigenvalue weighted by Gasteiger charge is 2.21. The van der Waals surface area contributed by atoms with Crippen molar-refractivity contribution >= 4 is 28.8 Å². The van der Waals surface area contributed by atoms with Gasteiger partial charge in [-0.3, -0.25) is 9.78 Å². The molecule has 1 aromatic heterocycles. The van der Waals surface area contributed by atoms with Gasteiger partial charge in [0.2, 0.25) is 5.95 Å². The van der Waals surface area contributed by atoms with Crippen LogP contribution < -0.4 is 15.4 Å². The number of hydrogen-bond donors (Lipinski definition) is 1. The molecule has 6 nitrogen and oxygen atoms in total. The van der Waals surface area contributed by atoms with Crippen LogP contribution in [0.3, 0.4) is 0 Å². The monoisotopic (exact) mass is 472 g/mol. The quantitative estimate of drug-likeness (QED) is 0.489. The Morgan fingerprint density at radius 3 is 2.55 bits per heavy atom. The average molecular weight is 473 g/mol. The first-order valence-electron chi connectivity index (χ1n) is 12.0. The standard InChI is InChI=1S/C26H37ClN4O2/c1-5-6-19(2)23-24(30(3)4)25(32)29-26(28-23)31(16-12-21-13-17-33-18-14-21)15-11-20-7-9-22(27)10-8-20/h7-10,21H,2,5-6,11-18H2,1,3-4H3,(H,28,29,32). The fraction of sp³-hybridized carbons (Fsp3) is 0.538. The largest absolute Gasteiger partial charge is 0.381 e. The molecule has 0 radical (unpaired) electrons. The van der Waals surface area contributed by atoms with Crippen LogP contribution in [0.15, 0.2) is 35.6 Å².